The second-order valence-corrected chi connectivity index (χ2v) is 6.60. The minimum atomic E-state index is -0.427. The molecule has 9 nitrogen and oxygen atoms in total. The zero-order valence-electron chi connectivity index (χ0n) is 14.7. The third-order valence-corrected chi connectivity index (χ3v) is 4.49. The van der Waals surface area contributed by atoms with Crippen LogP contribution in [-0.4, -0.2) is 26.6 Å². The number of pyridine rings is 1. The van der Waals surface area contributed by atoms with Gasteiger partial charge in [0.2, 0.25) is 5.91 Å². The number of aryl methyl sites for hydroxylation is 1. The third kappa shape index (κ3) is 3.19. The van der Waals surface area contributed by atoms with Gasteiger partial charge in [-0.15, -0.1) is 0 Å². The highest BCUT2D eigenvalue weighted by Crippen LogP contribution is 2.41. The molecule has 1 fully saturated rings. The van der Waals surface area contributed by atoms with E-state index in [4.69, 9.17) is 15.2 Å². The van der Waals surface area contributed by atoms with E-state index in [0.717, 1.165) is 29.6 Å². The average molecular weight is 366 g/mol. The Bertz CT molecular complexity index is 1180. The lowest BCUT2D eigenvalue weighted by atomic mass is 10.2. The number of hydrogen-bond donors (Lipinski definition) is 3. The number of carbonyl (C=O) groups is 1. The highest BCUT2D eigenvalue weighted by Gasteiger charge is 2.28. The number of hydrogen-bond acceptors (Lipinski definition) is 6. The zero-order chi connectivity index (χ0) is 19.1. The van der Waals surface area contributed by atoms with Crippen LogP contribution in [0.5, 0.6) is 0 Å². The molecule has 1 amide bonds. The number of amides is 1. The van der Waals surface area contributed by atoms with Gasteiger partial charge in [0.15, 0.2) is 5.58 Å². The predicted octanol–water partition coefficient (Wildman–Crippen LogP) is 1.55. The van der Waals surface area contributed by atoms with Crippen molar-refractivity contribution in [1.82, 2.24) is 14.3 Å². The Balaban J connectivity index is 1.60. The van der Waals surface area contributed by atoms with Crippen molar-refractivity contribution in [3.8, 4) is 0 Å². The minimum absolute atomic E-state index is 0.119. The molecule has 1 saturated carbocycles. The standard InChI is InChI=1S/C18H18N6O3/c1-10-17-13(6-14(27-17)11-2-3-11)18(26)24(22-10)8-16(25)21-12-4-5-15(20)23(7-12)9-19/h4-7,9,11,19-20H,2-3,8H2,1H3,(H,21,25). The molecule has 0 saturated heterocycles. The van der Waals surface area contributed by atoms with E-state index in [-0.39, 0.29) is 17.6 Å². The molecule has 27 heavy (non-hydrogen) atoms. The molecule has 3 heterocycles. The number of anilines is 1. The molecule has 3 aromatic heterocycles. The van der Waals surface area contributed by atoms with Gasteiger partial charge in [0, 0.05) is 12.1 Å². The molecule has 4 rings (SSSR count). The molecule has 0 aromatic carbocycles. The number of carbonyl (C=O) groups excluding carboxylic acids is 1. The van der Waals surface area contributed by atoms with Crippen molar-refractivity contribution in [2.75, 3.05) is 5.32 Å². The molecule has 0 radical (unpaired) electrons. The van der Waals surface area contributed by atoms with Crippen molar-refractivity contribution in [1.29, 1.82) is 10.8 Å². The number of nitrogens with zero attached hydrogens (tertiary/aromatic N) is 3. The van der Waals surface area contributed by atoms with Gasteiger partial charge in [-0.1, -0.05) is 0 Å². The highest BCUT2D eigenvalue weighted by atomic mass is 16.3. The first-order valence-corrected chi connectivity index (χ1v) is 8.54. The minimum Gasteiger partial charge on any atom is -0.459 e. The first-order chi connectivity index (χ1) is 13.0. The molecule has 1 aliphatic carbocycles. The topological polar surface area (TPSA) is 130 Å². The Labute approximate surface area is 153 Å². The molecular formula is C18H18N6O3. The fourth-order valence-electron chi connectivity index (χ4n) is 2.96. The zero-order valence-corrected chi connectivity index (χ0v) is 14.7. The average Bonchev–Trinajstić information content (AvgIpc) is 3.39. The Kier molecular flexibility index (Phi) is 3.98. The maximum absolute atomic E-state index is 12.7. The Morgan fingerprint density at radius 1 is 1.44 bits per heavy atom. The summed E-state index contributed by atoms with van der Waals surface area (Å²) in [5.41, 5.74) is 1.22. The van der Waals surface area contributed by atoms with E-state index >= 15 is 0 Å². The van der Waals surface area contributed by atoms with E-state index in [1.54, 1.807) is 19.1 Å². The Hall–Kier alpha value is -3.49. The molecule has 3 aromatic rings. The van der Waals surface area contributed by atoms with Crippen molar-refractivity contribution < 1.29 is 9.21 Å². The van der Waals surface area contributed by atoms with Gasteiger partial charge in [0.1, 0.15) is 23.5 Å². The van der Waals surface area contributed by atoms with Gasteiger partial charge in [-0.25, -0.2) is 4.68 Å². The Morgan fingerprint density at radius 3 is 2.93 bits per heavy atom. The second kappa shape index (κ2) is 6.35. The lowest BCUT2D eigenvalue weighted by molar-refractivity contribution is -0.117. The normalized spacial score (nSPS) is 13.7. The molecule has 1 aliphatic rings. The van der Waals surface area contributed by atoms with Crippen LogP contribution in [0.3, 0.4) is 0 Å². The summed E-state index contributed by atoms with van der Waals surface area (Å²) in [7, 11) is 0. The molecule has 0 aliphatic heterocycles. The highest BCUT2D eigenvalue weighted by molar-refractivity contribution is 5.90. The molecular weight excluding hydrogens is 348 g/mol. The van der Waals surface area contributed by atoms with E-state index in [1.807, 2.05) is 0 Å². The van der Waals surface area contributed by atoms with Gasteiger partial charge in [-0.3, -0.25) is 25.0 Å². The van der Waals surface area contributed by atoms with Crippen LogP contribution in [0.4, 0.5) is 5.69 Å². The van der Waals surface area contributed by atoms with Gasteiger partial charge in [0.25, 0.3) is 5.56 Å². The molecule has 0 atom stereocenters. The first kappa shape index (κ1) is 17.0. The van der Waals surface area contributed by atoms with Gasteiger partial charge >= 0.3 is 0 Å². The first-order valence-electron chi connectivity index (χ1n) is 8.54. The van der Waals surface area contributed by atoms with Crippen molar-refractivity contribution in [2.45, 2.75) is 32.2 Å². The van der Waals surface area contributed by atoms with E-state index in [9.17, 15) is 9.59 Å². The summed E-state index contributed by atoms with van der Waals surface area (Å²) in [6.45, 7) is 1.50. The molecule has 3 N–H and O–H groups in total. The number of nitrogens with one attached hydrogen (secondary N) is 3. The maximum Gasteiger partial charge on any atom is 0.278 e. The third-order valence-electron chi connectivity index (χ3n) is 4.49. The van der Waals surface area contributed by atoms with E-state index in [1.165, 1.54) is 16.8 Å². The van der Waals surface area contributed by atoms with Crippen molar-refractivity contribution in [3.63, 3.8) is 0 Å². The molecule has 138 valence electrons. The van der Waals surface area contributed by atoms with E-state index < -0.39 is 5.91 Å². The summed E-state index contributed by atoms with van der Waals surface area (Å²) in [5.74, 6) is 0.762. The number of fused-ring (bicyclic) bond motifs is 1. The quantitative estimate of drug-likeness (QED) is 0.467. The van der Waals surface area contributed by atoms with Crippen LogP contribution in [0.25, 0.3) is 11.0 Å². The van der Waals surface area contributed by atoms with Crippen LogP contribution in [0.15, 0.2) is 33.6 Å². The maximum atomic E-state index is 12.7. The molecule has 0 unspecified atom stereocenters. The predicted molar refractivity (Wildman–Crippen MR) is 98.1 cm³/mol. The number of aromatic nitrogens is 3. The fraction of sp³-hybridized carbons (Fsp3) is 0.278. The summed E-state index contributed by atoms with van der Waals surface area (Å²) < 4.78 is 8.16. The van der Waals surface area contributed by atoms with Gasteiger partial charge in [0.05, 0.1) is 17.4 Å². The molecule has 9 heteroatoms. The summed E-state index contributed by atoms with van der Waals surface area (Å²) in [5, 5.41) is 22.2. The van der Waals surface area contributed by atoms with Gasteiger partial charge in [-0.2, -0.15) is 5.10 Å². The SMILES string of the molecule is Cc1nn(CC(=O)Nc2ccc(=N)n(C=N)c2)c(=O)c2cc(C3CC3)oc12. The summed E-state index contributed by atoms with van der Waals surface area (Å²) in [6.07, 6.45) is 4.55. The smallest absolute Gasteiger partial charge is 0.278 e. The van der Waals surface area contributed by atoms with Crippen LogP contribution in [0.2, 0.25) is 0 Å². The monoisotopic (exact) mass is 366 g/mol. The number of rotatable bonds is 5. The molecule has 0 bridgehead atoms. The fourth-order valence-corrected chi connectivity index (χ4v) is 2.96. The summed E-state index contributed by atoms with van der Waals surface area (Å²) in [6, 6.07) is 4.79. The van der Waals surface area contributed by atoms with Crippen LogP contribution in [-0.2, 0) is 11.3 Å². The number of furan rings is 1. The van der Waals surface area contributed by atoms with Crippen molar-refractivity contribution in [2.24, 2.45) is 0 Å². The van der Waals surface area contributed by atoms with E-state index in [2.05, 4.69) is 10.4 Å². The van der Waals surface area contributed by atoms with Gasteiger partial charge < -0.3 is 9.73 Å². The summed E-state index contributed by atoms with van der Waals surface area (Å²) in [4.78, 5) is 25.0. The van der Waals surface area contributed by atoms with Gasteiger partial charge in [-0.05, 0) is 38.0 Å². The Morgan fingerprint density at radius 2 is 2.22 bits per heavy atom. The summed E-state index contributed by atoms with van der Waals surface area (Å²) >= 11 is 0. The van der Waals surface area contributed by atoms with Crippen LogP contribution in [0, 0.1) is 17.7 Å². The van der Waals surface area contributed by atoms with E-state index in [0.29, 0.717) is 28.3 Å². The van der Waals surface area contributed by atoms with Crippen molar-refractivity contribution in [3.05, 3.63) is 51.7 Å². The van der Waals surface area contributed by atoms with Crippen LogP contribution in [0.1, 0.15) is 30.2 Å². The lowest BCUT2D eigenvalue weighted by Crippen LogP contribution is -2.30. The van der Waals surface area contributed by atoms with Crippen LogP contribution >= 0.6 is 0 Å². The second-order valence-electron chi connectivity index (χ2n) is 6.60. The largest absolute Gasteiger partial charge is 0.459 e. The van der Waals surface area contributed by atoms with Crippen LogP contribution < -0.4 is 16.4 Å². The van der Waals surface area contributed by atoms with Crippen molar-refractivity contribution >= 4 is 28.9 Å². The lowest BCUT2D eigenvalue weighted by Gasteiger charge is -2.09. The molecule has 0 spiro atoms.